The van der Waals surface area contributed by atoms with Crippen molar-refractivity contribution in [3.63, 3.8) is 0 Å². The van der Waals surface area contributed by atoms with Crippen molar-refractivity contribution in [2.45, 2.75) is 6.92 Å². The molecule has 3 rings (SSSR count). The van der Waals surface area contributed by atoms with Crippen molar-refractivity contribution in [1.82, 2.24) is 9.38 Å². The molecule has 0 spiro atoms. The van der Waals surface area contributed by atoms with Gasteiger partial charge in [-0.15, -0.1) is 0 Å². The maximum Gasteiger partial charge on any atom is 0.349 e. The number of fused-ring (bicyclic) bond motifs is 1. The summed E-state index contributed by atoms with van der Waals surface area (Å²) in [5.74, 6) is 1.22. The van der Waals surface area contributed by atoms with E-state index in [1.807, 2.05) is 25.3 Å². The van der Waals surface area contributed by atoms with Crippen LogP contribution in [0.2, 0.25) is 0 Å². The monoisotopic (exact) mass is 262 g/mol. The summed E-state index contributed by atoms with van der Waals surface area (Å²) in [7, 11) is 1.36. The maximum atomic E-state index is 11.4. The molecule has 0 saturated carbocycles. The van der Waals surface area contributed by atoms with Crippen LogP contribution < -0.4 is 0 Å². The van der Waals surface area contributed by atoms with Crippen LogP contribution in [0.4, 0.5) is 0 Å². The summed E-state index contributed by atoms with van der Waals surface area (Å²) in [5, 5.41) is 0. The predicted octanol–water partition coefficient (Wildman–Crippen LogP) is 2.75. The Morgan fingerprint density at radius 3 is 2.89 bits per heavy atom. The molecular weight excluding hydrogens is 252 g/mol. The minimum atomic E-state index is -0.346. The zero-order valence-electron chi connectivity index (χ0n) is 9.84. The molecule has 0 saturated heterocycles. The fourth-order valence-corrected chi connectivity index (χ4v) is 2.57. The van der Waals surface area contributed by atoms with Crippen LogP contribution in [0, 0.1) is 6.92 Å². The van der Waals surface area contributed by atoms with Gasteiger partial charge in [0, 0.05) is 12.4 Å². The molecule has 0 aromatic carbocycles. The van der Waals surface area contributed by atoms with Gasteiger partial charge in [0.2, 0.25) is 0 Å². The van der Waals surface area contributed by atoms with Crippen LogP contribution >= 0.6 is 11.3 Å². The maximum absolute atomic E-state index is 11.4. The molecule has 3 aromatic heterocycles. The number of methoxy groups -OCH3 is 1. The minimum absolute atomic E-state index is 0.346. The van der Waals surface area contributed by atoms with E-state index < -0.39 is 0 Å². The summed E-state index contributed by atoms with van der Waals surface area (Å²) in [6, 6.07) is 3.77. The van der Waals surface area contributed by atoms with Gasteiger partial charge >= 0.3 is 5.97 Å². The molecule has 18 heavy (non-hydrogen) atoms. The first kappa shape index (κ1) is 11.0. The third kappa shape index (κ3) is 1.70. The first-order valence-corrected chi connectivity index (χ1v) is 6.12. The lowest BCUT2D eigenvalue weighted by molar-refractivity contribution is 0.0606. The second-order valence-electron chi connectivity index (χ2n) is 3.81. The fraction of sp³-hybridized carbons (Fsp3) is 0.167. The summed E-state index contributed by atoms with van der Waals surface area (Å²) >= 11 is 1.29. The Kier molecular flexibility index (Phi) is 2.45. The van der Waals surface area contributed by atoms with Crippen LogP contribution in [0.15, 0.2) is 28.9 Å². The quantitative estimate of drug-likeness (QED) is 0.666. The van der Waals surface area contributed by atoms with E-state index in [4.69, 9.17) is 4.42 Å². The highest BCUT2D eigenvalue weighted by atomic mass is 32.1. The Bertz CT molecular complexity index is 691. The predicted molar refractivity (Wildman–Crippen MR) is 66.8 cm³/mol. The van der Waals surface area contributed by atoms with Gasteiger partial charge in [0.25, 0.3) is 0 Å². The lowest BCUT2D eigenvalue weighted by Crippen LogP contribution is -1.97. The highest BCUT2D eigenvalue weighted by Gasteiger charge is 2.14. The average Bonchev–Trinajstić information content (AvgIpc) is 3.00. The van der Waals surface area contributed by atoms with E-state index in [-0.39, 0.29) is 5.97 Å². The van der Waals surface area contributed by atoms with Crippen LogP contribution in [0.1, 0.15) is 15.4 Å². The Morgan fingerprint density at radius 1 is 1.44 bits per heavy atom. The molecule has 92 valence electrons. The van der Waals surface area contributed by atoms with Crippen LogP contribution in [0.5, 0.6) is 0 Å². The van der Waals surface area contributed by atoms with Gasteiger partial charge in [0.1, 0.15) is 16.3 Å². The van der Waals surface area contributed by atoms with Gasteiger partial charge in [-0.25, -0.2) is 9.78 Å². The molecule has 0 amide bonds. The second-order valence-corrected chi connectivity index (χ2v) is 4.82. The van der Waals surface area contributed by atoms with Crippen molar-refractivity contribution in [2.24, 2.45) is 0 Å². The zero-order chi connectivity index (χ0) is 12.7. The van der Waals surface area contributed by atoms with E-state index in [1.165, 1.54) is 18.4 Å². The smallest absolute Gasteiger partial charge is 0.349 e. The summed E-state index contributed by atoms with van der Waals surface area (Å²) in [6.07, 6.45) is 3.54. The SMILES string of the molecule is COC(=O)c1cn2cc(-c3ccc(C)o3)nc2s1. The zero-order valence-corrected chi connectivity index (χ0v) is 10.7. The number of aryl methyl sites for hydroxylation is 1. The van der Waals surface area contributed by atoms with Gasteiger partial charge in [0.05, 0.1) is 7.11 Å². The first-order valence-electron chi connectivity index (χ1n) is 5.31. The van der Waals surface area contributed by atoms with Gasteiger partial charge in [-0.1, -0.05) is 11.3 Å². The van der Waals surface area contributed by atoms with Gasteiger partial charge < -0.3 is 9.15 Å². The molecule has 0 aliphatic rings. The Hall–Kier alpha value is -2.08. The summed E-state index contributed by atoms with van der Waals surface area (Å²) in [4.78, 5) is 17.0. The lowest BCUT2D eigenvalue weighted by Gasteiger charge is -1.91. The topological polar surface area (TPSA) is 56.7 Å². The van der Waals surface area contributed by atoms with Crippen LogP contribution in [-0.2, 0) is 4.74 Å². The molecule has 3 heterocycles. The van der Waals surface area contributed by atoms with Crippen molar-refractivity contribution in [1.29, 1.82) is 0 Å². The summed E-state index contributed by atoms with van der Waals surface area (Å²) in [6.45, 7) is 1.89. The molecule has 0 radical (unpaired) electrons. The average molecular weight is 262 g/mol. The molecular formula is C12H10N2O3S. The van der Waals surface area contributed by atoms with Crippen molar-refractivity contribution in [3.05, 3.63) is 35.2 Å². The third-order valence-corrected chi connectivity index (χ3v) is 3.51. The fourth-order valence-electron chi connectivity index (χ4n) is 1.68. The van der Waals surface area contributed by atoms with E-state index >= 15 is 0 Å². The number of carbonyl (C=O) groups is 1. The second kappa shape index (κ2) is 3.99. The van der Waals surface area contributed by atoms with Crippen molar-refractivity contribution in [3.8, 4) is 11.5 Å². The first-order chi connectivity index (χ1) is 8.67. The van der Waals surface area contributed by atoms with Crippen LogP contribution in [-0.4, -0.2) is 22.5 Å². The molecule has 6 heteroatoms. The molecule has 0 unspecified atom stereocenters. The molecule has 3 aromatic rings. The highest BCUT2D eigenvalue weighted by Crippen LogP contribution is 2.25. The number of rotatable bonds is 2. The number of imidazole rings is 1. The molecule has 0 aliphatic carbocycles. The van der Waals surface area contributed by atoms with E-state index in [2.05, 4.69) is 9.72 Å². The van der Waals surface area contributed by atoms with Crippen molar-refractivity contribution in [2.75, 3.05) is 7.11 Å². The van der Waals surface area contributed by atoms with Gasteiger partial charge in [-0.3, -0.25) is 4.40 Å². The van der Waals surface area contributed by atoms with Gasteiger partial charge in [0.15, 0.2) is 10.7 Å². The van der Waals surface area contributed by atoms with Crippen molar-refractivity contribution < 1.29 is 13.9 Å². The number of esters is 1. The number of thiazole rings is 1. The number of ether oxygens (including phenoxy) is 1. The standard InChI is InChI=1S/C12H10N2O3S/c1-7-3-4-9(17-7)8-5-14-6-10(11(15)16-2)18-12(14)13-8/h3-6H,1-2H3. The van der Waals surface area contributed by atoms with Crippen LogP contribution in [0.25, 0.3) is 16.4 Å². The number of hydrogen-bond acceptors (Lipinski definition) is 5. The number of nitrogens with zero attached hydrogens (tertiary/aromatic N) is 2. The summed E-state index contributed by atoms with van der Waals surface area (Å²) in [5.41, 5.74) is 0.755. The van der Waals surface area contributed by atoms with E-state index in [9.17, 15) is 4.79 Å². The largest absolute Gasteiger partial charge is 0.465 e. The highest BCUT2D eigenvalue weighted by molar-refractivity contribution is 7.18. The molecule has 5 nitrogen and oxygen atoms in total. The van der Waals surface area contributed by atoms with Crippen LogP contribution in [0.3, 0.4) is 0 Å². The number of carbonyl (C=O) groups excluding carboxylic acids is 1. The van der Waals surface area contributed by atoms with Crippen molar-refractivity contribution >= 4 is 22.3 Å². The van der Waals surface area contributed by atoms with Gasteiger partial charge in [-0.2, -0.15) is 0 Å². The third-order valence-electron chi connectivity index (χ3n) is 2.54. The molecule has 0 aliphatic heterocycles. The normalized spacial score (nSPS) is 11.0. The minimum Gasteiger partial charge on any atom is -0.465 e. The van der Waals surface area contributed by atoms with Gasteiger partial charge in [-0.05, 0) is 19.1 Å². The molecule has 0 fully saturated rings. The molecule has 0 bridgehead atoms. The number of hydrogen-bond donors (Lipinski definition) is 0. The van der Waals surface area contributed by atoms with E-state index in [0.717, 1.165) is 22.2 Å². The van der Waals surface area contributed by atoms with E-state index in [1.54, 1.807) is 10.6 Å². The summed E-state index contributed by atoms with van der Waals surface area (Å²) < 4.78 is 12.0. The Labute approximate surface area is 107 Å². The molecule has 0 atom stereocenters. The Morgan fingerprint density at radius 2 is 2.28 bits per heavy atom. The number of aromatic nitrogens is 2. The molecule has 0 N–H and O–H groups in total. The number of furan rings is 1. The van der Waals surface area contributed by atoms with E-state index in [0.29, 0.717) is 4.88 Å². The lowest BCUT2D eigenvalue weighted by atomic mass is 10.3. The Balaban J connectivity index is 2.03.